The van der Waals surface area contributed by atoms with Crippen LogP contribution in [0.25, 0.3) is 0 Å². The van der Waals surface area contributed by atoms with Crippen LogP contribution in [0.5, 0.6) is 0 Å². The maximum Gasteiger partial charge on any atom is 0.211 e. The molecule has 0 radical (unpaired) electrons. The molecule has 1 fully saturated rings. The summed E-state index contributed by atoms with van der Waals surface area (Å²) in [6.07, 6.45) is 3.13. The van der Waals surface area contributed by atoms with Gasteiger partial charge in [0.1, 0.15) is 0 Å². The zero-order chi connectivity index (χ0) is 15.0. The summed E-state index contributed by atoms with van der Waals surface area (Å²) in [5, 5.41) is 0. The van der Waals surface area contributed by atoms with Gasteiger partial charge in [0.05, 0.1) is 6.26 Å². The molecule has 0 aromatic heterocycles. The van der Waals surface area contributed by atoms with Crippen LogP contribution < -0.4 is 0 Å². The van der Waals surface area contributed by atoms with Gasteiger partial charge in [-0.05, 0) is 35.3 Å². The van der Waals surface area contributed by atoms with Crippen LogP contribution in [0, 0.1) is 0 Å². The fourth-order valence-corrected chi connectivity index (χ4v) is 3.65. The topological polar surface area (TPSA) is 37.4 Å². The molecule has 0 amide bonds. The summed E-state index contributed by atoms with van der Waals surface area (Å²) in [6, 6.07) is 8.83. The molecule has 2 rings (SSSR count). The maximum absolute atomic E-state index is 11.5. The lowest BCUT2D eigenvalue weighted by atomic mass is 9.84. The Morgan fingerprint density at radius 2 is 1.55 bits per heavy atom. The van der Waals surface area contributed by atoms with E-state index in [0.717, 1.165) is 12.8 Å². The van der Waals surface area contributed by atoms with E-state index in [0.29, 0.717) is 19.0 Å². The number of hydrogen-bond acceptors (Lipinski definition) is 2. The molecule has 0 aliphatic carbocycles. The summed E-state index contributed by atoms with van der Waals surface area (Å²) >= 11 is 0. The van der Waals surface area contributed by atoms with Crippen LogP contribution in [0.3, 0.4) is 0 Å². The van der Waals surface area contributed by atoms with Crippen LogP contribution in [0.1, 0.15) is 50.7 Å². The van der Waals surface area contributed by atoms with Crippen molar-refractivity contribution in [2.75, 3.05) is 19.3 Å². The lowest BCUT2D eigenvalue weighted by Gasteiger charge is -2.30. The number of nitrogens with zero attached hydrogens (tertiary/aromatic N) is 1. The van der Waals surface area contributed by atoms with Gasteiger partial charge in [0.2, 0.25) is 10.0 Å². The second-order valence-corrected chi connectivity index (χ2v) is 8.79. The zero-order valence-electron chi connectivity index (χ0n) is 12.9. The molecule has 112 valence electrons. The molecule has 4 heteroatoms. The van der Waals surface area contributed by atoms with Crippen LogP contribution in [-0.4, -0.2) is 32.1 Å². The van der Waals surface area contributed by atoms with E-state index in [1.54, 1.807) is 4.31 Å². The highest BCUT2D eigenvalue weighted by atomic mass is 32.2. The van der Waals surface area contributed by atoms with Crippen molar-refractivity contribution in [3.05, 3.63) is 35.4 Å². The molecule has 1 aliphatic heterocycles. The number of hydrogen-bond donors (Lipinski definition) is 0. The standard InChI is InChI=1S/C16H25NO2S/c1-16(2,3)15-7-5-13(6-8-15)14-9-11-17(12-10-14)20(4,18)19/h5-8,14H,9-12H2,1-4H3. The Hall–Kier alpha value is -0.870. The molecule has 0 saturated carbocycles. The van der Waals surface area contributed by atoms with Gasteiger partial charge in [-0.1, -0.05) is 45.0 Å². The number of rotatable bonds is 2. The zero-order valence-corrected chi connectivity index (χ0v) is 13.7. The molecular weight excluding hydrogens is 270 g/mol. The molecule has 0 unspecified atom stereocenters. The van der Waals surface area contributed by atoms with E-state index in [9.17, 15) is 8.42 Å². The number of benzene rings is 1. The summed E-state index contributed by atoms with van der Waals surface area (Å²) in [5.41, 5.74) is 2.86. The van der Waals surface area contributed by atoms with Gasteiger partial charge in [-0.25, -0.2) is 12.7 Å². The van der Waals surface area contributed by atoms with Crippen LogP contribution in [0.15, 0.2) is 24.3 Å². The normalized spacial score (nSPS) is 19.2. The van der Waals surface area contributed by atoms with Gasteiger partial charge < -0.3 is 0 Å². The monoisotopic (exact) mass is 295 g/mol. The molecule has 20 heavy (non-hydrogen) atoms. The largest absolute Gasteiger partial charge is 0.213 e. The average molecular weight is 295 g/mol. The first-order valence-electron chi connectivity index (χ1n) is 7.23. The molecule has 1 heterocycles. The minimum atomic E-state index is -3.02. The smallest absolute Gasteiger partial charge is 0.211 e. The highest BCUT2D eigenvalue weighted by Gasteiger charge is 2.25. The molecule has 1 aromatic carbocycles. The summed E-state index contributed by atoms with van der Waals surface area (Å²) < 4.78 is 24.6. The predicted octanol–water partition coefficient (Wildman–Crippen LogP) is 3.12. The predicted molar refractivity (Wildman–Crippen MR) is 83.5 cm³/mol. The molecule has 1 aliphatic rings. The summed E-state index contributed by atoms with van der Waals surface area (Å²) in [7, 11) is -3.02. The van der Waals surface area contributed by atoms with Crippen molar-refractivity contribution in [3.8, 4) is 0 Å². The van der Waals surface area contributed by atoms with E-state index in [1.807, 2.05) is 0 Å². The van der Waals surface area contributed by atoms with E-state index in [4.69, 9.17) is 0 Å². The van der Waals surface area contributed by atoms with Gasteiger partial charge >= 0.3 is 0 Å². The molecule has 0 N–H and O–H groups in total. The Morgan fingerprint density at radius 1 is 1.05 bits per heavy atom. The molecule has 0 bridgehead atoms. The van der Waals surface area contributed by atoms with Crippen molar-refractivity contribution in [2.45, 2.75) is 44.9 Å². The molecular formula is C16H25NO2S. The first-order chi connectivity index (χ1) is 9.18. The van der Waals surface area contributed by atoms with E-state index in [2.05, 4.69) is 45.0 Å². The van der Waals surface area contributed by atoms with Crippen molar-refractivity contribution < 1.29 is 8.42 Å². The van der Waals surface area contributed by atoms with Crippen LogP contribution in [0.4, 0.5) is 0 Å². The average Bonchev–Trinajstić information content (AvgIpc) is 2.37. The van der Waals surface area contributed by atoms with Gasteiger partial charge in [0.25, 0.3) is 0 Å². The Balaban J connectivity index is 2.04. The maximum atomic E-state index is 11.5. The SMILES string of the molecule is CC(C)(C)c1ccc(C2CCN(S(C)(=O)=O)CC2)cc1. The Kier molecular flexibility index (Phi) is 4.26. The second kappa shape index (κ2) is 5.49. The van der Waals surface area contributed by atoms with Crippen molar-refractivity contribution in [1.29, 1.82) is 0 Å². The first-order valence-corrected chi connectivity index (χ1v) is 9.08. The minimum absolute atomic E-state index is 0.179. The Labute approximate surface area is 123 Å². The molecule has 1 aromatic rings. The molecule has 3 nitrogen and oxygen atoms in total. The highest BCUT2D eigenvalue weighted by molar-refractivity contribution is 7.88. The number of piperidine rings is 1. The van der Waals surface area contributed by atoms with Gasteiger partial charge in [-0.15, -0.1) is 0 Å². The van der Waals surface area contributed by atoms with Gasteiger partial charge in [-0.3, -0.25) is 0 Å². The van der Waals surface area contributed by atoms with Crippen molar-refractivity contribution in [3.63, 3.8) is 0 Å². The number of sulfonamides is 1. The fourth-order valence-electron chi connectivity index (χ4n) is 2.78. The van der Waals surface area contributed by atoms with E-state index in [1.165, 1.54) is 17.4 Å². The van der Waals surface area contributed by atoms with Crippen LogP contribution >= 0.6 is 0 Å². The summed E-state index contributed by atoms with van der Waals surface area (Å²) in [4.78, 5) is 0. The highest BCUT2D eigenvalue weighted by Crippen LogP contribution is 2.30. The third-order valence-corrected chi connectivity index (χ3v) is 5.47. The molecule has 1 saturated heterocycles. The minimum Gasteiger partial charge on any atom is -0.213 e. The van der Waals surface area contributed by atoms with E-state index in [-0.39, 0.29) is 5.41 Å². The lowest BCUT2D eigenvalue weighted by molar-refractivity contribution is 0.321. The Morgan fingerprint density at radius 3 is 1.95 bits per heavy atom. The van der Waals surface area contributed by atoms with Gasteiger partial charge in [-0.2, -0.15) is 0 Å². The third kappa shape index (κ3) is 3.61. The van der Waals surface area contributed by atoms with Crippen molar-refractivity contribution >= 4 is 10.0 Å². The van der Waals surface area contributed by atoms with Crippen molar-refractivity contribution in [1.82, 2.24) is 4.31 Å². The van der Waals surface area contributed by atoms with Crippen LogP contribution in [0.2, 0.25) is 0 Å². The summed E-state index contributed by atoms with van der Waals surface area (Å²) in [6.45, 7) is 7.93. The van der Waals surface area contributed by atoms with E-state index >= 15 is 0 Å². The van der Waals surface area contributed by atoms with Crippen LogP contribution in [-0.2, 0) is 15.4 Å². The van der Waals surface area contributed by atoms with Gasteiger partial charge in [0.15, 0.2) is 0 Å². The Bertz CT molecular complexity index is 547. The van der Waals surface area contributed by atoms with E-state index < -0.39 is 10.0 Å². The van der Waals surface area contributed by atoms with Gasteiger partial charge in [0, 0.05) is 13.1 Å². The van der Waals surface area contributed by atoms with Crippen molar-refractivity contribution in [2.24, 2.45) is 0 Å². The second-order valence-electron chi connectivity index (χ2n) is 6.81. The third-order valence-electron chi connectivity index (χ3n) is 4.17. The first kappa shape index (κ1) is 15.5. The fraction of sp³-hybridized carbons (Fsp3) is 0.625. The molecule has 0 spiro atoms. The molecule has 0 atom stereocenters. The summed E-state index contributed by atoms with van der Waals surface area (Å²) in [5.74, 6) is 0.488. The quantitative estimate of drug-likeness (QED) is 0.840. The lowest BCUT2D eigenvalue weighted by Crippen LogP contribution is -2.37.